The van der Waals surface area contributed by atoms with Gasteiger partial charge in [0.2, 0.25) is 0 Å². The Hall–Kier alpha value is -0.450. The Morgan fingerprint density at radius 3 is 3.00 bits per heavy atom. The quantitative estimate of drug-likeness (QED) is 0.637. The highest BCUT2D eigenvalue weighted by Crippen LogP contribution is 2.33. The summed E-state index contributed by atoms with van der Waals surface area (Å²) in [5.74, 6) is 7.39. The fourth-order valence-corrected chi connectivity index (χ4v) is 3.95. The second kappa shape index (κ2) is 6.64. The summed E-state index contributed by atoms with van der Waals surface area (Å²) in [5, 5.41) is 3.34. The van der Waals surface area contributed by atoms with Crippen molar-refractivity contribution in [3.8, 4) is 0 Å². The van der Waals surface area contributed by atoms with Crippen molar-refractivity contribution in [1.29, 1.82) is 0 Å². The van der Waals surface area contributed by atoms with Crippen LogP contribution in [0.25, 0.3) is 0 Å². The van der Waals surface area contributed by atoms with Crippen LogP contribution >= 0.6 is 11.3 Å². The Balaban J connectivity index is 1.95. The van der Waals surface area contributed by atoms with Gasteiger partial charge in [0, 0.05) is 23.5 Å². The number of hydrazine groups is 1. The topological polar surface area (TPSA) is 50.9 Å². The summed E-state index contributed by atoms with van der Waals surface area (Å²) in [7, 11) is 0. The van der Waals surface area contributed by atoms with Crippen molar-refractivity contribution in [3.05, 3.63) is 16.1 Å². The molecule has 1 fully saturated rings. The molecule has 1 aromatic rings. The molecule has 18 heavy (non-hydrogen) atoms. The minimum absolute atomic E-state index is 0.393. The van der Waals surface area contributed by atoms with Crippen LogP contribution in [-0.4, -0.2) is 11.0 Å². The molecule has 0 saturated heterocycles. The van der Waals surface area contributed by atoms with Gasteiger partial charge >= 0.3 is 0 Å². The molecule has 1 aromatic heterocycles. The predicted molar refractivity (Wildman–Crippen MR) is 77.4 cm³/mol. The largest absolute Gasteiger partial charge is 0.271 e. The summed E-state index contributed by atoms with van der Waals surface area (Å²) in [6.07, 6.45) is 7.70. The summed E-state index contributed by atoms with van der Waals surface area (Å²) >= 11 is 1.76. The Morgan fingerprint density at radius 2 is 2.39 bits per heavy atom. The van der Waals surface area contributed by atoms with E-state index in [2.05, 4.69) is 29.6 Å². The lowest BCUT2D eigenvalue weighted by atomic mass is 9.76. The van der Waals surface area contributed by atoms with Crippen molar-refractivity contribution in [1.82, 2.24) is 10.4 Å². The molecule has 3 N–H and O–H groups in total. The van der Waals surface area contributed by atoms with E-state index in [1.165, 1.54) is 37.1 Å². The zero-order valence-electron chi connectivity index (χ0n) is 11.5. The van der Waals surface area contributed by atoms with E-state index in [0.717, 1.165) is 24.0 Å². The first-order chi connectivity index (χ1) is 8.72. The van der Waals surface area contributed by atoms with Crippen molar-refractivity contribution in [2.75, 3.05) is 0 Å². The monoisotopic (exact) mass is 267 g/mol. The molecule has 3 nitrogen and oxygen atoms in total. The summed E-state index contributed by atoms with van der Waals surface area (Å²) in [6.45, 7) is 4.36. The molecule has 3 unspecified atom stereocenters. The normalized spacial score (nSPS) is 26.2. The lowest BCUT2D eigenvalue weighted by Crippen LogP contribution is -2.44. The third kappa shape index (κ3) is 3.53. The van der Waals surface area contributed by atoms with Crippen LogP contribution in [0.5, 0.6) is 0 Å². The van der Waals surface area contributed by atoms with E-state index in [1.54, 1.807) is 11.3 Å². The molecular weight excluding hydrogens is 242 g/mol. The van der Waals surface area contributed by atoms with Gasteiger partial charge in [-0.1, -0.05) is 26.2 Å². The molecule has 0 spiro atoms. The first kappa shape index (κ1) is 14.0. The van der Waals surface area contributed by atoms with Crippen LogP contribution in [0.4, 0.5) is 0 Å². The van der Waals surface area contributed by atoms with Gasteiger partial charge in [-0.05, 0) is 31.6 Å². The predicted octanol–water partition coefficient (Wildman–Crippen LogP) is 3.04. The van der Waals surface area contributed by atoms with Crippen LogP contribution < -0.4 is 11.3 Å². The summed E-state index contributed by atoms with van der Waals surface area (Å²) in [4.78, 5) is 4.56. The van der Waals surface area contributed by atoms with Gasteiger partial charge in [-0.25, -0.2) is 4.98 Å². The highest BCUT2D eigenvalue weighted by Gasteiger charge is 2.27. The molecule has 1 aliphatic carbocycles. The fourth-order valence-electron chi connectivity index (χ4n) is 3.12. The van der Waals surface area contributed by atoms with Crippen molar-refractivity contribution in [3.63, 3.8) is 0 Å². The lowest BCUT2D eigenvalue weighted by Gasteiger charge is -2.33. The average molecular weight is 267 g/mol. The van der Waals surface area contributed by atoms with Gasteiger partial charge in [0.05, 0.1) is 5.01 Å². The molecule has 4 heteroatoms. The van der Waals surface area contributed by atoms with E-state index in [4.69, 9.17) is 5.84 Å². The number of nitrogens with zero attached hydrogens (tertiary/aromatic N) is 1. The molecule has 1 saturated carbocycles. The van der Waals surface area contributed by atoms with E-state index in [-0.39, 0.29) is 0 Å². The van der Waals surface area contributed by atoms with Crippen molar-refractivity contribution < 1.29 is 0 Å². The Bertz CT molecular complexity index is 364. The Kier molecular flexibility index (Phi) is 5.15. The first-order valence-electron chi connectivity index (χ1n) is 7.10. The van der Waals surface area contributed by atoms with Gasteiger partial charge in [0.25, 0.3) is 0 Å². The summed E-state index contributed by atoms with van der Waals surface area (Å²) in [5.41, 5.74) is 4.17. The zero-order chi connectivity index (χ0) is 13.0. The van der Waals surface area contributed by atoms with Crippen LogP contribution in [0.15, 0.2) is 5.38 Å². The molecule has 1 aliphatic rings. The average Bonchev–Trinajstić information content (AvgIpc) is 2.81. The molecule has 1 heterocycles. The fraction of sp³-hybridized carbons (Fsp3) is 0.786. The van der Waals surface area contributed by atoms with Crippen LogP contribution in [-0.2, 0) is 6.42 Å². The van der Waals surface area contributed by atoms with E-state index >= 15 is 0 Å². The van der Waals surface area contributed by atoms with Crippen LogP contribution in [0.2, 0.25) is 0 Å². The number of aryl methyl sites for hydroxylation is 1. The van der Waals surface area contributed by atoms with Gasteiger partial charge in [0.15, 0.2) is 0 Å². The molecule has 0 bridgehead atoms. The summed E-state index contributed by atoms with van der Waals surface area (Å²) in [6, 6.07) is 0.393. The minimum Gasteiger partial charge on any atom is -0.271 e. The number of nitrogens with two attached hydrogens (primary N) is 1. The molecule has 0 aliphatic heterocycles. The maximum atomic E-state index is 5.77. The van der Waals surface area contributed by atoms with Crippen molar-refractivity contribution >= 4 is 11.3 Å². The molecule has 2 rings (SSSR count). The maximum Gasteiger partial charge on any atom is 0.0944 e. The molecule has 102 valence electrons. The molecule has 0 radical (unpaired) electrons. The minimum atomic E-state index is 0.393. The molecule has 0 aromatic carbocycles. The van der Waals surface area contributed by atoms with Crippen molar-refractivity contribution in [2.45, 2.75) is 58.4 Å². The molecule has 3 atom stereocenters. The molecular formula is C14H25N3S. The SMILES string of the molecule is CCC1CCCC(C(Cc2nc(C)cs2)NN)C1. The smallest absolute Gasteiger partial charge is 0.0944 e. The van der Waals surface area contributed by atoms with Crippen LogP contribution in [0, 0.1) is 18.8 Å². The summed E-state index contributed by atoms with van der Waals surface area (Å²) < 4.78 is 0. The highest BCUT2D eigenvalue weighted by molar-refractivity contribution is 7.09. The third-order valence-corrected chi connectivity index (χ3v) is 5.23. The maximum absolute atomic E-state index is 5.77. The van der Waals surface area contributed by atoms with Crippen LogP contribution in [0.1, 0.15) is 49.7 Å². The Morgan fingerprint density at radius 1 is 1.56 bits per heavy atom. The lowest BCUT2D eigenvalue weighted by molar-refractivity contribution is 0.208. The van der Waals surface area contributed by atoms with Gasteiger partial charge in [-0.2, -0.15) is 0 Å². The number of hydrogen-bond donors (Lipinski definition) is 2. The van der Waals surface area contributed by atoms with E-state index in [9.17, 15) is 0 Å². The van der Waals surface area contributed by atoms with E-state index < -0.39 is 0 Å². The second-order valence-corrected chi connectivity index (χ2v) is 6.50. The standard InChI is InChI=1S/C14H25N3S/c1-3-11-5-4-6-12(7-11)13(17-15)8-14-16-10(2)9-18-14/h9,11-13,17H,3-8,15H2,1-2H3. The van der Waals surface area contributed by atoms with Crippen LogP contribution in [0.3, 0.4) is 0 Å². The highest BCUT2D eigenvalue weighted by atomic mass is 32.1. The second-order valence-electron chi connectivity index (χ2n) is 5.56. The molecule has 0 amide bonds. The van der Waals surface area contributed by atoms with Crippen molar-refractivity contribution in [2.24, 2.45) is 17.7 Å². The third-order valence-electron chi connectivity index (χ3n) is 4.24. The van der Waals surface area contributed by atoms with E-state index in [0.29, 0.717) is 6.04 Å². The van der Waals surface area contributed by atoms with Gasteiger partial charge in [-0.3, -0.25) is 11.3 Å². The number of nitrogens with one attached hydrogen (secondary N) is 1. The van der Waals surface area contributed by atoms with E-state index in [1.807, 2.05) is 0 Å². The zero-order valence-corrected chi connectivity index (χ0v) is 12.3. The number of rotatable bonds is 5. The first-order valence-corrected chi connectivity index (χ1v) is 7.98. The number of hydrogen-bond acceptors (Lipinski definition) is 4. The van der Waals surface area contributed by atoms with Gasteiger partial charge < -0.3 is 0 Å². The van der Waals surface area contributed by atoms with Gasteiger partial charge in [0.1, 0.15) is 0 Å². The number of thiazole rings is 1. The van der Waals surface area contributed by atoms with Gasteiger partial charge in [-0.15, -0.1) is 11.3 Å². The Labute approximate surface area is 114 Å². The number of aromatic nitrogens is 1.